The molecule has 1 aromatic heterocycles. The standard InChI is InChI=1S/C17H20N4OS/c22-16(20-14-7-3-1-4-8-14)12-23-17-11-15(18-13-19-17)21-9-5-2-6-10-21/h1,3-4,7-8,11,13H,2,5-6,9-10,12H2,(H,20,22). The first-order valence-corrected chi connectivity index (χ1v) is 8.84. The average molecular weight is 328 g/mol. The zero-order valence-electron chi connectivity index (χ0n) is 12.9. The molecular formula is C17H20N4OS. The van der Waals surface area contributed by atoms with Crippen LogP contribution in [0.4, 0.5) is 11.5 Å². The predicted octanol–water partition coefficient (Wildman–Crippen LogP) is 3.20. The number of hydrogen-bond acceptors (Lipinski definition) is 5. The van der Waals surface area contributed by atoms with Gasteiger partial charge in [-0.3, -0.25) is 4.79 Å². The zero-order valence-corrected chi connectivity index (χ0v) is 13.8. The molecule has 0 unspecified atom stereocenters. The molecule has 0 aliphatic carbocycles. The molecule has 5 nitrogen and oxygen atoms in total. The topological polar surface area (TPSA) is 58.1 Å². The summed E-state index contributed by atoms with van der Waals surface area (Å²) in [4.78, 5) is 22.9. The molecule has 1 amide bonds. The van der Waals surface area contributed by atoms with Gasteiger partial charge in [-0.25, -0.2) is 9.97 Å². The van der Waals surface area contributed by atoms with E-state index in [0.29, 0.717) is 5.75 Å². The van der Waals surface area contributed by atoms with Crippen LogP contribution in [-0.2, 0) is 4.79 Å². The predicted molar refractivity (Wildman–Crippen MR) is 93.9 cm³/mol. The molecule has 0 spiro atoms. The van der Waals surface area contributed by atoms with Gasteiger partial charge in [0.2, 0.25) is 5.91 Å². The number of thioether (sulfide) groups is 1. The highest BCUT2D eigenvalue weighted by Gasteiger charge is 2.13. The van der Waals surface area contributed by atoms with E-state index in [1.165, 1.54) is 31.0 Å². The van der Waals surface area contributed by atoms with Gasteiger partial charge < -0.3 is 10.2 Å². The summed E-state index contributed by atoms with van der Waals surface area (Å²) in [5, 5.41) is 3.71. The molecular weight excluding hydrogens is 308 g/mol. The first-order valence-electron chi connectivity index (χ1n) is 7.86. The minimum absolute atomic E-state index is 0.0284. The van der Waals surface area contributed by atoms with E-state index in [1.54, 1.807) is 6.33 Å². The lowest BCUT2D eigenvalue weighted by Gasteiger charge is -2.27. The molecule has 2 aromatic rings. The van der Waals surface area contributed by atoms with Gasteiger partial charge in [0.25, 0.3) is 0 Å². The number of nitrogens with one attached hydrogen (secondary N) is 1. The normalized spacial score (nSPS) is 14.5. The Labute approximate surface area is 140 Å². The van der Waals surface area contributed by atoms with Gasteiger partial charge in [-0.2, -0.15) is 0 Å². The Morgan fingerprint density at radius 2 is 1.91 bits per heavy atom. The van der Waals surface area contributed by atoms with Crippen molar-refractivity contribution in [2.24, 2.45) is 0 Å². The van der Waals surface area contributed by atoms with Gasteiger partial charge in [0.05, 0.1) is 5.75 Å². The first-order chi connectivity index (χ1) is 11.3. The van der Waals surface area contributed by atoms with E-state index in [2.05, 4.69) is 20.2 Å². The first kappa shape index (κ1) is 15.8. The van der Waals surface area contributed by atoms with Gasteiger partial charge in [-0.05, 0) is 31.4 Å². The monoisotopic (exact) mass is 328 g/mol. The summed E-state index contributed by atoms with van der Waals surface area (Å²) in [6.07, 6.45) is 5.31. The summed E-state index contributed by atoms with van der Waals surface area (Å²) >= 11 is 1.44. The number of anilines is 2. The lowest BCUT2D eigenvalue weighted by atomic mass is 10.1. The van der Waals surface area contributed by atoms with Crippen LogP contribution in [-0.4, -0.2) is 34.7 Å². The van der Waals surface area contributed by atoms with E-state index < -0.39 is 0 Å². The van der Waals surface area contributed by atoms with E-state index >= 15 is 0 Å². The average Bonchev–Trinajstić information content (AvgIpc) is 2.62. The molecule has 23 heavy (non-hydrogen) atoms. The molecule has 2 heterocycles. The molecule has 0 bridgehead atoms. The fraction of sp³-hybridized carbons (Fsp3) is 0.353. The van der Waals surface area contributed by atoms with Crippen LogP contribution in [0.15, 0.2) is 47.8 Å². The lowest BCUT2D eigenvalue weighted by molar-refractivity contribution is -0.113. The molecule has 6 heteroatoms. The van der Waals surface area contributed by atoms with Crippen molar-refractivity contribution in [2.75, 3.05) is 29.1 Å². The molecule has 0 atom stereocenters. The molecule has 120 valence electrons. The highest BCUT2D eigenvalue weighted by atomic mass is 32.2. The zero-order chi connectivity index (χ0) is 15.9. The number of benzene rings is 1. The summed E-state index contributed by atoms with van der Waals surface area (Å²) < 4.78 is 0. The smallest absolute Gasteiger partial charge is 0.234 e. The van der Waals surface area contributed by atoms with Gasteiger partial charge in [0.1, 0.15) is 17.2 Å². The largest absolute Gasteiger partial charge is 0.356 e. The summed E-state index contributed by atoms with van der Waals surface area (Å²) in [5.41, 5.74) is 0.815. The summed E-state index contributed by atoms with van der Waals surface area (Å²) in [6.45, 7) is 2.10. The third-order valence-electron chi connectivity index (χ3n) is 3.72. The second-order valence-corrected chi connectivity index (χ2v) is 6.46. The van der Waals surface area contributed by atoms with E-state index in [1.807, 2.05) is 36.4 Å². The number of rotatable bonds is 5. The number of para-hydroxylation sites is 1. The van der Waals surface area contributed by atoms with Crippen molar-refractivity contribution >= 4 is 29.2 Å². The van der Waals surface area contributed by atoms with E-state index in [0.717, 1.165) is 29.6 Å². The van der Waals surface area contributed by atoms with Crippen molar-refractivity contribution < 1.29 is 4.79 Å². The maximum atomic E-state index is 12.0. The number of carbonyl (C=O) groups is 1. The maximum Gasteiger partial charge on any atom is 0.234 e. The number of hydrogen-bond donors (Lipinski definition) is 1. The van der Waals surface area contributed by atoms with Crippen molar-refractivity contribution in [3.05, 3.63) is 42.7 Å². The Kier molecular flexibility index (Phi) is 5.47. The van der Waals surface area contributed by atoms with Crippen LogP contribution in [0.25, 0.3) is 0 Å². The Balaban J connectivity index is 1.54. The molecule has 3 rings (SSSR count). The van der Waals surface area contributed by atoms with E-state index in [4.69, 9.17) is 0 Å². The van der Waals surface area contributed by atoms with Gasteiger partial charge >= 0.3 is 0 Å². The highest BCUT2D eigenvalue weighted by Crippen LogP contribution is 2.22. The Bertz CT molecular complexity index is 644. The molecule has 1 fully saturated rings. The van der Waals surface area contributed by atoms with Gasteiger partial charge in [-0.1, -0.05) is 30.0 Å². The number of carbonyl (C=O) groups excluding carboxylic acids is 1. The van der Waals surface area contributed by atoms with E-state index in [-0.39, 0.29) is 5.91 Å². The van der Waals surface area contributed by atoms with Crippen LogP contribution in [0.2, 0.25) is 0 Å². The van der Waals surface area contributed by atoms with Gasteiger partial charge in [0, 0.05) is 24.8 Å². The van der Waals surface area contributed by atoms with Crippen molar-refractivity contribution in [1.82, 2.24) is 9.97 Å². The van der Waals surface area contributed by atoms with Crippen molar-refractivity contribution in [3.8, 4) is 0 Å². The van der Waals surface area contributed by atoms with Crippen LogP contribution >= 0.6 is 11.8 Å². The summed E-state index contributed by atoms with van der Waals surface area (Å²) in [6, 6.07) is 11.5. The quantitative estimate of drug-likeness (QED) is 0.675. The van der Waals surface area contributed by atoms with Crippen LogP contribution in [0, 0.1) is 0 Å². The van der Waals surface area contributed by atoms with Gasteiger partial charge in [-0.15, -0.1) is 0 Å². The van der Waals surface area contributed by atoms with Gasteiger partial charge in [0.15, 0.2) is 0 Å². The number of amides is 1. The minimum Gasteiger partial charge on any atom is -0.356 e. The second-order valence-electron chi connectivity index (χ2n) is 5.47. The Morgan fingerprint density at radius 1 is 1.13 bits per heavy atom. The van der Waals surface area contributed by atoms with Crippen molar-refractivity contribution in [1.29, 1.82) is 0 Å². The van der Waals surface area contributed by atoms with Crippen LogP contribution in [0.1, 0.15) is 19.3 Å². The molecule has 1 N–H and O–H groups in total. The molecule has 1 aliphatic heterocycles. The van der Waals surface area contributed by atoms with Crippen LogP contribution in [0.5, 0.6) is 0 Å². The number of piperidine rings is 1. The van der Waals surface area contributed by atoms with Crippen molar-refractivity contribution in [3.63, 3.8) is 0 Å². The molecule has 1 saturated heterocycles. The SMILES string of the molecule is O=C(CSc1cc(N2CCCCC2)ncn1)Nc1ccccc1. The third-order valence-corrected chi connectivity index (χ3v) is 4.64. The number of nitrogens with zero attached hydrogens (tertiary/aromatic N) is 3. The fourth-order valence-corrected chi connectivity index (χ4v) is 3.22. The molecule has 0 radical (unpaired) electrons. The molecule has 1 aromatic carbocycles. The maximum absolute atomic E-state index is 12.0. The van der Waals surface area contributed by atoms with Crippen LogP contribution < -0.4 is 10.2 Å². The molecule has 0 saturated carbocycles. The summed E-state index contributed by atoms with van der Waals surface area (Å²) in [5.74, 6) is 1.27. The van der Waals surface area contributed by atoms with Crippen LogP contribution in [0.3, 0.4) is 0 Å². The molecule has 1 aliphatic rings. The second kappa shape index (κ2) is 7.97. The minimum atomic E-state index is -0.0284. The fourth-order valence-electron chi connectivity index (χ4n) is 2.56. The Morgan fingerprint density at radius 3 is 2.70 bits per heavy atom. The van der Waals surface area contributed by atoms with E-state index in [9.17, 15) is 4.79 Å². The Hall–Kier alpha value is -2.08. The lowest BCUT2D eigenvalue weighted by Crippen LogP contribution is -2.30. The number of aromatic nitrogens is 2. The van der Waals surface area contributed by atoms with Crippen molar-refractivity contribution in [2.45, 2.75) is 24.3 Å². The summed E-state index contributed by atoms with van der Waals surface area (Å²) in [7, 11) is 0. The highest BCUT2D eigenvalue weighted by molar-refractivity contribution is 7.99. The third kappa shape index (κ3) is 4.69.